The van der Waals surface area contributed by atoms with Crippen LogP contribution >= 0.6 is 0 Å². The van der Waals surface area contributed by atoms with Gasteiger partial charge in [0.25, 0.3) is 6.43 Å². The highest BCUT2D eigenvalue weighted by Gasteiger charge is 2.39. The van der Waals surface area contributed by atoms with Gasteiger partial charge in [-0.1, -0.05) is 0 Å². The van der Waals surface area contributed by atoms with Crippen LogP contribution in [0, 0.1) is 0 Å². The van der Waals surface area contributed by atoms with Gasteiger partial charge in [-0.3, -0.25) is 0 Å². The van der Waals surface area contributed by atoms with Gasteiger partial charge < -0.3 is 25.2 Å². The lowest BCUT2D eigenvalue weighted by Crippen LogP contribution is -2.43. The number of pyridine rings is 2. The number of halogens is 2. The van der Waals surface area contributed by atoms with E-state index in [9.17, 15) is 8.78 Å². The van der Waals surface area contributed by atoms with Crippen molar-refractivity contribution in [2.75, 3.05) is 54.4 Å². The number of alkyl halides is 2. The highest BCUT2D eigenvalue weighted by molar-refractivity contribution is 5.66. The molecule has 0 aliphatic carbocycles. The average Bonchev–Trinajstić information content (AvgIpc) is 3.38. The number of aromatic nitrogens is 2. The van der Waals surface area contributed by atoms with Gasteiger partial charge in [-0.05, 0) is 18.6 Å². The van der Waals surface area contributed by atoms with Crippen LogP contribution < -0.4 is 20.4 Å². The van der Waals surface area contributed by atoms with Crippen molar-refractivity contribution in [2.24, 2.45) is 0 Å². The van der Waals surface area contributed by atoms with Gasteiger partial charge in [0.05, 0.1) is 18.8 Å². The molecule has 0 spiro atoms. The van der Waals surface area contributed by atoms with E-state index < -0.39 is 6.43 Å². The number of hydrogen-bond acceptors (Lipinski definition) is 7. The Morgan fingerprint density at radius 2 is 2.03 bits per heavy atom. The van der Waals surface area contributed by atoms with E-state index in [2.05, 4.69) is 31.5 Å². The van der Waals surface area contributed by atoms with E-state index in [1.54, 1.807) is 6.07 Å². The van der Waals surface area contributed by atoms with E-state index in [4.69, 9.17) is 9.72 Å². The first-order valence-corrected chi connectivity index (χ1v) is 10.0. The minimum Gasteiger partial charge on any atom is -0.374 e. The summed E-state index contributed by atoms with van der Waals surface area (Å²) in [7, 11) is 0. The zero-order chi connectivity index (χ0) is 19.8. The van der Waals surface area contributed by atoms with E-state index in [0.29, 0.717) is 17.7 Å². The first kappa shape index (κ1) is 18.5. The fourth-order valence-corrected chi connectivity index (χ4v) is 4.24. The molecule has 2 N–H and O–H groups in total. The maximum absolute atomic E-state index is 12.8. The summed E-state index contributed by atoms with van der Waals surface area (Å²) < 4.78 is 31.3. The molecule has 0 saturated carbocycles. The molecule has 29 heavy (non-hydrogen) atoms. The second kappa shape index (κ2) is 7.72. The summed E-state index contributed by atoms with van der Waals surface area (Å²) in [5, 5.41) is 6.56. The number of piperazine rings is 1. The molecule has 2 aromatic rings. The Morgan fingerprint density at radius 1 is 1.17 bits per heavy atom. The van der Waals surface area contributed by atoms with Crippen molar-refractivity contribution in [2.45, 2.75) is 25.0 Å². The van der Waals surface area contributed by atoms with Gasteiger partial charge in [0, 0.05) is 62.3 Å². The summed E-state index contributed by atoms with van der Waals surface area (Å²) in [5.74, 6) is 2.08. The second-order valence-corrected chi connectivity index (χ2v) is 7.71. The van der Waals surface area contributed by atoms with Gasteiger partial charge >= 0.3 is 0 Å². The quantitative estimate of drug-likeness (QED) is 0.797. The van der Waals surface area contributed by atoms with Crippen LogP contribution in [0.2, 0.25) is 0 Å². The molecule has 5 heterocycles. The third kappa shape index (κ3) is 3.84. The van der Waals surface area contributed by atoms with Crippen molar-refractivity contribution in [3.63, 3.8) is 0 Å². The number of hydrogen-bond donors (Lipinski definition) is 2. The molecular formula is C20H24F2N6O. The van der Waals surface area contributed by atoms with Crippen molar-refractivity contribution < 1.29 is 13.5 Å². The second-order valence-electron chi connectivity index (χ2n) is 7.71. The number of nitrogens with zero attached hydrogens (tertiary/aromatic N) is 4. The lowest BCUT2D eigenvalue weighted by Gasteiger charge is -2.32. The number of rotatable bonds is 5. The van der Waals surface area contributed by atoms with Gasteiger partial charge in [-0.25, -0.2) is 18.7 Å². The number of ether oxygens (including phenoxy) is 1. The Labute approximate surface area is 168 Å². The fraction of sp³-hybridized carbons (Fsp3) is 0.500. The molecule has 9 heteroatoms. The molecule has 0 amide bonds. The standard InChI is InChI=1S/C20H24F2N6O/c21-20(22)13-1-2-17(24-10-13)25-18-8-14(27-5-3-23-4-6-27)9-19(26-18)28-11-16-7-15(28)12-29-16/h1-2,8-10,15-16,20,23H,3-7,11-12H2,(H,24,25,26). The first-order chi connectivity index (χ1) is 14.2. The van der Waals surface area contributed by atoms with Crippen LogP contribution in [-0.2, 0) is 4.74 Å². The molecule has 0 aromatic carbocycles. The topological polar surface area (TPSA) is 65.5 Å². The minimum atomic E-state index is -2.52. The summed E-state index contributed by atoms with van der Waals surface area (Å²) in [5.41, 5.74) is 1.01. The predicted octanol–water partition coefficient (Wildman–Crippen LogP) is 2.54. The van der Waals surface area contributed by atoms with Gasteiger partial charge in [-0.2, -0.15) is 0 Å². The van der Waals surface area contributed by atoms with E-state index >= 15 is 0 Å². The van der Waals surface area contributed by atoms with E-state index in [1.165, 1.54) is 12.3 Å². The van der Waals surface area contributed by atoms with Crippen LogP contribution in [0.3, 0.4) is 0 Å². The normalized spacial score (nSPS) is 23.8. The van der Waals surface area contributed by atoms with Crippen LogP contribution in [-0.4, -0.2) is 61.4 Å². The molecule has 3 aliphatic rings. The van der Waals surface area contributed by atoms with Crippen molar-refractivity contribution in [3.8, 4) is 0 Å². The smallest absolute Gasteiger partial charge is 0.265 e. The fourth-order valence-electron chi connectivity index (χ4n) is 4.24. The molecule has 3 fully saturated rings. The monoisotopic (exact) mass is 402 g/mol. The Morgan fingerprint density at radius 3 is 2.69 bits per heavy atom. The molecule has 5 rings (SSSR count). The maximum Gasteiger partial charge on any atom is 0.265 e. The lowest BCUT2D eigenvalue weighted by molar-refractivity contribution is 0.0989. The van der Waals surface area contributed by atoms with Gasteiger partial charge in [0.2, 0.25) is 0 Å². The van der Waals surface area contributed by atoms with Crippen molar-refractivity contribution in [1.82, 2.24) is 15.3 Å². The molecule has 2 aromatic heterocycles. The molecule has 2 unspecified atom stereocenters. The van der Waals surface area contributed by atoms with Crippen molar-refractivity contribution >= 4 is 23.1 Å². The van der Waals surface area contributed by atoms with Crippen LogP contribution in [0.5, 0.6) is 0 Å². The molecule has 0 radical (unpaired) electrons. The molecule has 2 atom stereocenters. The summed E-state index contributed by atoms with van der Waals surface area (Å²) in [4.78, 5) is 13.6. The van der Waals surface area contributed by atoms with E-state index in [0.717, 1.165) is 57.3 Å². The van der Waals surface area contributed by atoms with Crippen LogP contribution in [0.15, 0.2) is 30.5 Å². The highest BCUT2D eigenvalue weighted by Crippen LogP contribution is 2.35. The summed E-state index contributed by atoms with van der Waals surface area (Å²) >= 11 is 0. The SMILES string of the molecule is FC(F)c1ccc(Nc2cc(N3CCNCC3)cc(N3CC4CC3CO4)n2)nc1. The molecule has 154 valence electrons. The highest BCUT2D eigenvalue weighted by atomic mass is 19.3. The van der Waals surface area contributed by atoms with Gasteiger partial charge in [0.15, 0.2) is 0 Å². The Kier molecular flexibility index (Phi) is 4.92. The van der Waals surface area contributed by atoms with E-state index in [1.807, 2.05) is 6.07 Å². The van der Waals surface area contributed by atoms with Crippen LogP contribution in [0.4, 0.5) is 31.9 Å². The van der Waals surface area contributed by atoms with Crippen molar-refractivity contribution in [1.29, 1.82) is 0 Å². The largest absolute Gasteiger partial charge is 0.374 e. The summed E-state index contributed by atoms with van der Waals surface area (Å²) in [6, 6.07) is 7.46. The number of nitrogens with one attached hydrogen (secondary N) is 2. The third-order valence-electron chi connectivity index (χ3n) is 5.77. The summed E-state index contributed by atoms with van der Waals surface area (Å²) in [6.07, 6.45) is -0.00112. The van der Waals surface area contributed by atoms with Crippen LogP contribution in [0.1, 0.15) is 18.4 Å². The minimum absolute atomic E-state index is 0.0909. The molecule has 3 aliphatic heterocycles. The molecular weight excluding hydrogens is 378 g/mol. The molecule has 2 bridgehead atoms. The van der Waals surface area contributed by atoms with Gasteiger partial charge in [0.1, 0.15) is 17.5 Å². The first-order valence-electron chi connectivity index (χ1n) is 10.0. The summed E-state index contributed by atoms with van der Waals surface area (Å²) in [6.45, 7) is 5.34. The zero-order valence-corrected chi connectivity index (χ0v) is 16.0. The zero-order valence-electron chi connectivity index (χ0n) is 16.0. The Bertz CT molecular complexity index is 859. The van der Waals surface area contributed by atoms with E-state index in [-0.39, 0.29) is 11.7 Å². The van der Waals surface area contributed by atoms with Gasteiger partial charge in [-0.15, -0.1) is 0 Å². The van der Waals surface area contributed by atoms with Crippen LogP contribution in [0.25, 0.3) is 0 Å². The lowest BCUT2D eigenvalue weighted by atomic mass is 10.2. The molecule has 3 saturated heterocycles. The van der Waals surface area contributed by atoms with Crippen molar-refractivity contribution in [3.05, 3.63) is 36.0 Å². The number of morpholine rings is 1. The third-order valence-corrected chi connectivity index (χ3v) is 5.77. The average molecular weight is 402 g/mol. The Hall–Kier alpha value is -2.52. The molecule has 7 nitrogen and oxygen atoms in total. The predicted molar refractivity (Wildman–Crippen MR) is 107 cm³/mol. The number of fused-ring (bicyclic) bond motifs is 2. The Balaban J connectivity index is 1.44. The number of anilines is 4. The maximum atomic E-state index is 12.8.